The molecule has 3 aromatic carbocycles. The molecule has 1 N–H and O–H groups in total. The highest BCUT2D eigenvalue weighted by Crippen LogP contribution is 2.20. The summed E-state index contributed by atoms with van der Waals surface area (Å²) in [5.41, 5.74) is 4.33. The molecule has 2 amide bonds. The maximum Gasteiger partial charge on any atom is 0.243 e. The second-order valence-corrected chi connectivity index (χ2v) is 9.41. The van der Waals surface area contributed by atoms with Gasteiger partial charge in [0.05, 0.1) is 7.11 Å². The van der Waals surface area contributed by atoms with Crippen molar-refractivity contribution in [2.45, 2.75) is 65.1 Å². The molecule has 1 unspecified atom stereocenters. The zero-order valence-electron chi connectivity index (χ0n) is 21.9. The number of benzene rings is 3. The predicted octanol–water partition coefficient (Wildman–Crippen LogP) is 5.35. The Hall–Kier alpha value is -3.60. The van der Waals surface area contributed by atoms with Crippen LogP contribution >= 0.6 is 0 Å². The highest BCUT2D eigenvalue weighted by Gasteiger charge is 2.30. The minimum absolute atomic E-state index is 0.0263. The summed E-state index contributed by atoms with van der Waals surface area (Å²) < 4.78 is 5.39. The van der Waals surface area contributed by atoms with Crippen LogP contribution in [0.15, 0.2) is 78.9 Å². The van der Waals surface area contributed by atoms with E-state index < -0.39 is 6.04 Å². The largest absolute Gasteiger partial charge is 0.497 e. The van der Waals surface area contributed by atoms with E-state index in [0.29, 0.717) is 25.8 Å². The molecule has 3 rings (SSSR count). The fourth-order valence-corrected chi connectivity index (χ4v) is 4.24. The van der Waals surface area contributed by atoms with Crippen LogP contribution in [0, 0.1) is 0 Å². The summed E-state index contributed by atoms with van der Waals surface area (Å²) in [6, 6.07) is 25.3. The maximum atomic E-state index is 13.7. The van der Waals surface area contributed by atoms with Crippen LogP contribution in [0.1, 0.15) is 49.4 Å². The number of hydrogen-bond acceptors (Lipinski definition) is 3. The smallest absolute Gasteiger partial charge is 0.243 e. The lowest BCUT2D eigenvalue weighted by atomic mass is 10.0. The monoisotopic (exact) mass is 486 g/mol. The van der Waals surface area contributed by atoms with E-state index >= 15 is 0 Å². The van der Waals surface area contributed by atoms with Crippen LogP contribution in [-0.4, -0.2) is 35.9 Å². The number of methoxy groups -OCH3 is 1. The van der Waals surface area contributed by atoms with Gasteiger partial charge in [-0.2, -0.15) is 0 Å². The molecule has 3 aromatic rings. The predicted molar refractivity (Wildman–Crippen MR) is 145 cm³/mol. The molecule has 0 aromatic heterocycles. The molecule has 5 nitrogen and oxygen atoms in total. The number of hydrogen-bond donors (Lipinski definition) is 1. The van der Waals surface area contributed by atoms with E-state index in [0.717, 1.165) is 28.9 Å². The summed E-state index contributed by atoms with van der Waals surface area (Å²) >= 11 is 0. The molecule has 0 heterocycles. The van der Waals surface area contributed by atoms with E-state index in [1.807, 2.05) is 68.4 Å². The van der Waals surface area contributed by atoms with Crippen LogP contribution in [0.5, 0.6) is 5.75 Å². The Morgan fingerprint density at radius 3 is 2.17 bits per heavy atom. The van der Waals surface area contributed by atoms with Crippen molar-refractivity contribution in [1.82, 2.24) is 10.2 Å². The average molecular weight is 487 g/mol. The van der Waals surface area contributed by atoms with Gasteiger partial charge in [-0.1, -0.05) is 73.7 Å². The van der Waals surface area contributed by atoms with Crippen LogP contribution in [0.25, 0.3) is 0 Å². The van der Waals surface area contributed by atoms with Crippen molar-refractivity contribution in [1.29, 1.82) is 0 Å². The molecule has 0 aliphatic rings. The standard InChI is InChI=1S/C31H38N2O3/c1-5-24-14-16-25(17-15-24)18-19-30(34)33(22-27-12-9-13-28(20-27)36-4)29(31(35)32-23(2)3)21-26-10-7-6-8-11-26/h6-17,20,23,29H,5,18-19,21-22H2,1-4H3,(H,32,35). The molecule has 0 aliphatic carbocycles. The van der Waals surface area contributed by atoms with Crippen molar-refractivity contribution < 1.29 is 14.3 Å². The molecule has 0 fully saturated rings. The lowest BCUT2D eigenvalue weighted by molar-refractivity contribution is -0.141. The number of carbonyl (C=O) groups is 2. The number of nitrogens with zero attached hydrogens (tertiary/aromatic N) is 1. The second-order valence-electron chi connectivity index (χ2n) is 9.41. The van der Waals surface area contributed by atoms with Gasteiger partial charge in [-0.3, -0.25) is 9.59 Å². The van der Waals surface area contributed by atoms with Gasteiger partial charge in [-0.05, 0) is 61.1 Å². The number of rotatable bonds is 12. The van der Waals surface area contributed by atoms with Crippen molar-refractivity contribution in [3.8, 4) is 5.75 Å². The van der Waals surface area contributed by atoms with Gasteiger partial charge >= 0.3 is 0 Å². The molecule has 190 valence electrons. The number of carbonyl (C=O) groups excluding carboxylic acids is 2. The van der Waals surface area contributed by atoms with Gasteiger partial charge in [0.1, 0.15) is 11.8 Å². The summed E-state index contributed by atoms with van der Waals surface area (Å²) in [4.78, 5) is 28.9. The third-order valence-corrected chi connectivity index (χ3v) is 6.25. The number of nitrogens with one attached hydrogen (secondary N) is 1. The quantitative estimate of drug-likeness (QED) is 0.375. The third kappa shape index (κ3) is 7.98. The number of amides is 2. The van der Waals surface area contributed by atoms with E-state index in [2.05, 4.69) is 36.5 Å². The molecule has 0 radical (unpaired) electrons. The van der Waals surface area contributed by atoms with E-state index in [4.69, 9.17) is 4.74 Å². The Bertz CT molecular complexity index is 1110. The van der Waals surface area contributed by atoms with Crippen molar-refractivity contribution >= 4 is 11.8 Å². The first-order valence-electron chi connectivity index (χ1n) is 12.7. The first-order valence-corrected chi connectivity index (χ1v) is 12.7. The van der Waals surface area contributed by atoms with Crippen molar-refractivity contribution in [3.63, 3.8) is 0 Å². The molecule has 0 spiro atoms. The van der Waals surface area contributed by atoms with Crippen LogP contribution in [0.3, 0.4) is 0 Å². The lowest BCUT2D eigenvalue weighted by Crippen LogP contribution is -2.51. The fraction of sp³-hybridized carbons (Fsp3) is 0.355. The lowest BCUT2D eigenvalue weighted by Gasteiger charge is -2.32. The molecule has 1 atom stereocenters. The van der Waals surface area contributed by atoms with Gasteiger partial charge in [0.25, 0.3) is 0 Å². The van der Waals surface area contributed by atoms with E-state index in [1.54, 1.807) is 12.0 Å². The minimum atomic E-state index is -0.629. The Morgan fingerprint density at radius 1 is 0.861 bits per heavy atom. The van der Waals surface area contributed by atoms with Crippen LogP contribution in [-0.2, 0) is 35.4 Å². The number of ether oxygens (including phenoxy) is 1. The highest BCUT2D eigenvalue weighted by atomic mass is 16.5. The zero-order chi connectivity index (χ0) is 25.9. The first kappa shape index (κ1) is 27.0. The van der Waals surface area contributed by atoms with Crippen molar-refractivity contribution in [3.05, 3.63) is 101 Å². The van der Waals surface area contributed by atoms with Gasteiger partial charge in [0, 0.05) is 25.4 Å². The van der Waals surface area contributed by atoms with Gasteiger partial charge in [-0.25, -0.2) is 0 Å². The molecule has 0 aliphatic heterocycles. The number of aryl methyl sites for hydroxylation is 2. The SMILES string of the molecule is CCc1ccc(CCC(=O)N(Cc2cccc(OC)c2)C(Cc2ccccc2)C(=O)NC(C)C)cc1. The van der Waals surface area contributed by atoms with E-state index in [-0.39, 0.29) is 17.9 Å². The van der Waals surface area contributed by atoms with Crippen LogP contribution in [0.2, 0.25) is 0 Å². The summed E-state index contributed by atoms with van der Waals surface area (Å²) in [7, 11) is 1.63. The molecular formula is C31H38N2O3. The molecule has 0 bridgehead atoms. The molecule has 0 saturated carbocycles. The normalized spacial score (nSPS) is 11.7. The van der Waals surface area contributed by atoms with Gasteiger partial charge in [-0.15, -0.1) is 0 Å². The van der Waals surface area contributed by atoms with Gasteiger partial charge in [0.15, 0.2) is 0 Å². The van der Waals surface area contributed by atoms with Gasteiger partial charge < -0.3 is 15.0 Å². The average Bonchev–Trinajstić information content (AvgIpc) is 2.89. The Balaban J connectivity index is 1.90. The minimum Gasteiger partial charge on any atom is -0.497 e. The Kier molecular flexibility index (Phi) is 10.1. The van der Waals surface area contributed by atoms with Gasteiger partial charge in [0.2, 0.25) is 11.8 Å². The third-order valence-electron chi connectivity index (χ3n) is 6.25. The summed E-state index contributed by atoms with van der Waals surface area (Å²) in [6.45, 7) is 6.33. The molecular weight excluding hydrogens is 448 g/mol. The maximum absolute atomic E-state index is 13.7. The Labute approximate surface area is 215 Å². The van der Waals surface area contributed by atoms with Crippen LogP contribution < -0.4 is 10.1 Å². The summed E-state index contributed by atoms with van der Waals surface area (Å²) in [5, 5.41) is 3.04. The fourth-order valence-electron chi connectivity index (χ4n) is 4.24. The van der Waals surface area contributed by atoms with Crippen molar-refractivity contribution in [2.24, 2.45) is 0 Å². The topological polar surface area (TPSA) is 58.6 Å². The van der Waals surface area contributed by atoms with Crippen LogP contribution in [0.4, 0.5) is 0 Å². The summed E-state index contributed by atoms with van der Waals surface area (Å²) in [6.07, 6.45) is 2.39. The molecule has 5 heteroatoms. The van der Waals surface area contributed by atoms with E-state index in [1.165, 1.54) is 5.56 Å². The zero-order valence-corrected chi connectivity index (χ0v) is 21.9. The van der Waals surface area contributed by atoms with Crippen molar-refractivity contribution in [2.75, 3.05) is 7.11 Å². The molecule has 36 heavy (non-hydrogen) atoms. The first-order chi connectivity index (χ1) is 17.4. The Morgan fingerprint density at radius 2 is 1.53 bits per heavy atom. The summed E-state index contributed by atoms with van der Waals surface area (Å²) in [5.74, 6) is 0.539. The molecule has 0 saturated heterocycles. The highest BCUT2D eigenvalue weighted by molar-refractivity contribution is 5.88. The second kappa shape index (κ2) is 13.5. The van der Waals surface area contributed by atoms with E-state index in [9.17, 15) is 9.59 Å².